The molecule has 2 aromatic rings. The van der Waals surface area contributed by atoms with Crippen LogP contribution in [0.2, 0.25) is 5.02 Å². The van der Waals surface area contributed by atoms with Gasteiger partial charge >= 0.3 is 6.03 Å². The Bertz CT molecular complexity index is 810. The van der Waals surface area contributed by atoms with Crippen LogP contribution in [-0.4, -0.2) is 34.9 Å². The van der Waals surface area contributed by atoms with E-state index in [-0.39, 0.29) is 17.9 Å². The molecule has 3 amide bonds. The maximum Gasteiger partial charge on any atom is 0.321 e. The summed E-state index contributed by atoms with van der Waals surface area (Å²) in [6.07, 6.45) is 2.75. The van der Waals surface area contributed by atoms with Gasteiger partial charge in [-0.2, -0.15) is 0 Å². The fraction of sp³-hybridized carbons (Fsp3) is 0.350. The Balaban J connectivity index is 1.51. The highest BCUT2D eigenvalue weighted by Gasteiger charge is 2.27. The van der Waals surface area contributed by atoms with Gasteiger partial charge < -0.3 is 15.5 Å². The number of hydrogen-bond donors (Lipinski definition) is 2. The maximum absolute atomic E-state index is 12.5. The first-order valence-corrected chi connectivity index (χ1v) is 9.35. The van der Waals surface area contributed by atoms with Crippen LogP contribution in [0.5, 0.6) is 0 Å². The number of pyridine rings is 1. The van der Waals surface area contributed by atoms with Crippen LogP contribution < -0.4 is 10.6 Å². The van der Waals surface area contributed by atoms with Crippen LogP contribution in [0.4, 0.5) is 16.3 Å². The predicted octanol–water partition coefficient (Wildman–Crippen LogP) is 4.23. The van der Waals surface area contributed by atoms with Crippen molar-refractivity contribution in [3.8, 4) is 0 Å². The number of amides is 3. The van der Waals surface area contributed by atoms with E-state index in [1.54, 1.807) is 17.0 Å². The molecule has 2 heterocycles. The Morgan fingerprint density at radius 1 is 1.07 bits per heavy atom. The van der Waals surface area contributed by atoms with Crippen molar-refractivity contribution >= 4 is 35.0 Å². The Morgan fingerprint density at radius 3 is 2.33 bits per heavy atom. The van der Waals surface area contributed by atoms with Gasteiger partial charge in [-0.05, 0) is 62.1 Å². The van der Waals surface area contributed by atoms with Crippen molar-refractivity contribution in [1.82, 2.24) is 9.88 Å². The van der Waals surface area contributed by atoms with Crippen LogP contribution in [0.15, 0.2) is 36.5 Å². The molecule has 0 bridgehead atoms. The van der Waals surface area contributed by atoms with E-state index >= 15 is 0 Å². The van der Waals surface area contributed by atoms with Crippen molar-refractivity contribution in [1.29, 1.82) is 0 Å². The van der Waals surface area contributed by atoms with E-state index in [0.29, 0.717) is 36.8 Å². The van der Waals surface area contributed by atoms with Gasteiger partial charge in [-0.3, -0.25) is 4.79 Å². The number of aromatic nitrogens is 1. The van der Waals surface area contributed by atoms with E-state index < -0.39 is 0 Å². The molecule has 1 aliphatic heterocycles. The Morgan fingerprint density at radius 2 is 1.74 bits per heavy atom. The van der Waals surface area contributed by atoms with Crippen molar-refractivity contribution in [2.45, 2.75) is 26.7 Å². The lowest BCUT2D eigenvalue weighted by Crippen LogP contribution is -2.43. The molecule has 27 heavy (non-hydrogen) atoms. The van der Waals surface area contributed by atoms with Crippen molar-refractivity contribution in [3.63, 3.8) is 0 Å². The number of likely N-dealkylation sites (tertiary alicyclic amines) is 1. The topological polar surface area (TPSA) is 74.3 Å². The van der Waals surface area contributed by atoms with Crippen LogP contribution in [0.1, 0.15) is 24.0 Å². The number of halogens is 1. The summed E-state index contributed by atoms with van der Waals surface area (Å²) in [5.41, 5.74) is 3.01. The summed E-state index contributed by atoms with van der Waals surface area (Å²) < 4.78 is 0. The third kappa shape index (κ3) is 5.20. The predicted molar refractivity (Wildman–Crippen MR) is 107 cm³/mol. The molecule has 0 unspecified atom stereocenters. The zero-order chi connectivity index (χ0) is 19.4. The van der Waals surface area contributed by atoms with Crippen LogP contribution >= 0.6 is 11.6 Å². The highest BCUT2D eigenvalue weighted by atomic mass is 35.5. The molecule has 3 rings (SSSR count). The number of benzene rings is 1. The zero-order valence-electron chi connectivity index (χ0n) is 15.5. The van der Waals surface area contributed by atoms with E-state index in [0.717, 1.165) is 16.8 Å². The minimum absolute atomic E-state index is 0.0702. The van der Waals surface area contributed by atoms with Gasteiger partial charge in [-0.1, -0.05) is 17.7 Å². The van der Waals surface area contributed by atoms with Crippen molar-refractivity contribution in [3.05, 3.63) is 52.7 Å². The molecular formula is C20H23ClN4O2. The quantitative estimate of drug-likeness (QED) is 0.828. The summed E-state index contributed by atoms with van der Waals surface area (Å²) in [4.78, 5) is 30.7. The molecule has 0 atom stereocenters. The molecular weight excluding hydrogens is 364 g/mol. The zero-order valence-corrected chi connectivity index (χ0v) is 16.2. The van der Waals surface area contributed by atoms with Gasteiger partial charge in [0.1, 0.15) is 5.82 Å². The number of rotatable bonds is 3. The fourth-order valence-corrected chi connectivity index (χ4v) is 3.38. The monoisotopic (exact) mass is 386 g/mol. The standard InChI is InChI=1S/C20H23ClN4O2/c1-13-9-14(2)11-17(10-13)23-20(27)25-7-5-15(6-8-25)19(26)24-18-4-3-16(21)12-22-18/h3-4,9-12,15H,5-8H2,1-2H3,(H,23,27)(H,22,24,26). The highest BCUT2D eigenvalue weighted by molar-refractivity contribution is 6.30. The minimum atomic E-state index is -0.132. The van der Waals surface area contributed by atoms with Gasteiger partial charge in [-0.25, -0.2) is 9.78 Å². The summed E-state index contributed by atoms with van der Waals surface area (Å²) >= 11 is 5.80. The van der Waals surface area contributed by atoms with E-state index in [1.165, 1.54) is 6.20 Å². The third-order valence-electron chi connectivity index (χ3n) is 4.60. The van der Waals surface area contributed by atoms with Crippen LogP contribution in [0.3, 0.4) is 0 Å². The molecule has 142 valence electrons. The second-order valence-electron chi connectivity index (χ2n) is 6.92. The number of carbonyl (C=O) groups is 2. The smallest absolute Gasteiger partial charge is 0.321 e. The molecule has 0 aliphatic carbocycles. The lowest BCUT2D eigenvalue weighted by atomic mass is 9.96. The normalized spacial score (nSPS) is 14.7. The molecule has 0 saturated carbocycles. The molecule has 0 radical (unpaired) electrons. The van der Waals surface area contributed by atoms with Gasteiger partial charge in [0.25, 0.3) is 0 Å². The molecule has 7 heteroatoms. The van der Waals surface area contributed by atoms with Crippen LogP contribution in [0, 0.1) is 19.8 Å². The summed E-state index contributed by atoms with van der Waals surface area (Å²) in [6.45, 7) is 5.09. The molecule has 1 saturated heterocycles. The Hall–Kier alpha value is -2.60. The lowest BCUT2D eigenvalue weighted by Gasteiger charge is -2.31. The molecule has 1 aliphatic rings. The molecule has 0 spiro atoms. The highest BCUT2D eigenvalue weighted by Crippen LogP contribution is 2.21. The first kappa shape index (κ1) is 19.2. The second-order valence-corrected chi connectivity index (χ2v) is 7.36. The van der Waals surface area contributed by atoms with Crippen molar-refractivity contribution in [2.24, 2.45) is 5.92 Å². The number of piperidine rings is 1. The van der Waals surface area contributed by atoms with E-state index in [1.807, 2.05) is 26.0 Å². The third-order valence-corrected chi connectivity index (χ3v) is 4.83. The summed E-state index contributed by atoms with van der Waals surface area (Å²) in [5.74, 6) is 0.284. The molecule has 1 fully saturated rings. The number of hydrogen-bond acceptors (Lipinski definition) is 3. The van der Waals surface area contributed by atoms with E-state index in [9.17, 15) is 9.59 Å². The van der Waals surface area contributed by atoms with Gasteiger partial charge in [0.2, 0.25) is 5.91 Å². The first-order valence-electron chi connectivity index (χ1n) is 8.97. The number of nitrogens with one attached hydrogen (secondary N) is 2. The Kier molecular flexibility index (Phi) is 5.96. The number of anilines is 2. The first-order chi connectivity index (χ1) is 12.9. The lowest BCUT2D eigenvalue weighted by molar-refractivity contribution is -0.121. The van der Waals surface area contributed by atoms with Crippen LogP contribution in [-0.2, 0) is 4.79 Å². The van der Waals surface area contributed by atoms with Gasteiger partial charge in [-0.15, -0.1) is 0 Å². The molecule has 1 aromatic carbocycles. The van der Waals surface area contributed by atoms with E-state index in [2.05, 4.69) is 21.7 Å². The minimum Gasteiger partial charge on any atom is -0.324 e. The number of nitrogens with zero attached hydrogens (tertiary/aromatic N) is 2. The number of aryl methyl sites for hydroxylation is 2. The SMILES string of the molecule is Cc1cc(C)cc(NC(=O)N2CCC(C(=O)Nc3ccc(Cl)cn3)CC2)c1. The second kappa shape index (κ2) is 8.39. The fourth-order valence-electron chi connectivity index (χ4n) is 3.27. The summed E-state index contributed by atoms with van der Waals surface area (Å²) in [5, 5.41) is 6.28. The number of carbonyl (C=O) groups excluding carboxylic acids is 2. The average Bonchev–Trinajstić information content (AvgIpc) is 2.63. The van der Waals surface area contributed by atoms with Gasteiger partial charge in [0, 0.05) is 30.9 Å². The summed E-state index contributed by atoms with van der Waals surface area (Å²) in [7, 11) is 0. The maximum atomic E-state index is 12.5. The van der Waals surface area contributed by atoms with Crippen molar-refractivity contribution in [2.75, 3.05) is 23.7 Å². The molecule has 2 N–H and O–H groups in total. The van der Waals surface area contributed by atoms with Crippen molar-refractivity contribution < 1.29 is 9.59 Å². The largest absolute Gasteiger partial charge is 0.324 e. The summed E-state index contributed by atoms with van der Waals surface area (Å²) in [6, 6.07) is 9.19. The van der Waals surface area contributed by atoms with Gasteiger partial charge in [0.15, 0.2) is 0 Å². The molecule has 1 aromatic heterocycles. The number of urea groups is 1. The van der Waals surface area contributed by atoms with E-state index in [4.69, 9.17) is 11.6 Å². The van der Waals surface area contributed by atoms with Gasteiger partial charge in [0.05, 0.1) is 5.02 Å². The van der Waals surface area contributed by atoms with Crippen LogP contribution in [0.25, 0.3) is 0 Å². The average molecular weight is 387 g/mol. The molecule has 6 nitrogen and oxygen atoms in total. The Labute approximate surface area is 163 Å².